The van der Waals surface area contributed by atoms with Crippen LogP contribution in [0.2, 0.25) is 0 Å². The number of halogens is 1. The van der Waals surface area contributed by atoms with Gasteiger partial charge >= 0.3 is 0 Å². The average Bonchev–Trinajstić information content (AvgIpc) is 2.75. The Bertz CT molecular complexity index is 707. The highest BCUT2D eigenvalue weighted by Gasteiger charge is 2.28. The molecule has 1 aliphatic rings. The molecule has 1 amide bonds. The van der Waals surface area contributed by atoms with E-state index in [9.17, 15) is 4.79 Å². The minimum Gasteiger partial charge on any atom is -0.335 e. The summed E-state index contributed by atoms with van der Waals surface area (Å²) in [6.45, 7) is 6.92. The molecule has 3 heterocycles. The first-order chi connectivity index (χ1) is 9.99. The summed E-state index contributed by atoms with van der Waals surface area (Å²) in [5.41, 5.74) is 3.43. The van der Waals surface area contributed by atoms with Gasteiger partial charge in [-0.3, -0.25) is 9.20 Å². The third kappa shape index (κ3) is 2.48. The van der Waals surface area contributed by atoms with Crippen LogP contribution in [0.25, 0.3) is 5.65 Å². The van der Waals surface area contributed by atoms with Gasteiger partial charge in [-0.15, -0.1) is 0 Å². The van der Waals surface area contributed by atoms with Crippen LogP contribution < -0.4 is 0 Å². The predicted octanol–water partition coefficient (Wildman–Crippen LogP) is 3.73. The highest BCUT2D eigenvalue weighted by atomic mass is 79.9. The number of rotatable bonds is 1. The number of pyridine rings is 1. The number of hydrogen-bond donors (Lipinski definition) is 0. The van der Waals surface area contributed by atoms with E-state index in [-0.39, 0.29) is 5.91 Å². The van der Waals surface area contributed by atoms with Gasteiger partial charge in [0, 0.05) is 23.3 Å². The monoisotopic (exact) mass is 349 g/mol. The molecule has 0 saturated carbocycles. The second-order valence-electron chi connectivity index (χ2n) is 5.92. The Hall–Kier alpha value is -1.36. The Labute approximate surface area is 133 Å². The van der Waals surface area contributed by atoms with Crippen LogP contribution in [0.15, 0.2) is 16.7 Å². The number of aryl methyl sites for hydroxylation is 2. The van der Waals surface area contributed by atoms with Crippen molar-refractivity contribution in [2.45, 2.75) is 46.1 Å². The lowest BCUT2D eigenvalue weighted by Crippen LogP contribution is -2.42. The van der Waals surface area contributed by atoms with Crippen molar-refractivity contribution in [2.24, 2.45) is 0 Å². The number of hydrogen-bond acceptors (Lipinski definition) is 2. The molecule has 1 saturated heterocycles. The zero-order chi connectivity index (χ0) is 15.1. The average molecular weight is 350 g/mol. The third-order valence-corrected chi connectivity index (χ3v) is 4.75. The molecular formula is C16H20BrN3O. The summed E-state index contributed by atoms with van der Waals surface area (Å²) in [5, 5.41) is 0. The van der Waals surface area contributed by atoms with E-state index in [1.54, 1.807) is 0 Å². The lowest BCUT2D eigenvalue weighted by atomic mass is 10.0. The van der Waals surface area contributed by atoms with Gasteiger partial charge in [0.25, 0.3) is 5.91 Å². The van der Waals surface area contributed by atoms with E-state index in [1.165, 1.54) is 6.42 Å². The SMILES string of the molecule is Cc1nc2c(C)cc(Br)cn2c1C(=O)N1CCCCC1C. The number of carbonyl (C=O) groups excluding carboxylic acids is 1. The lowest BCUT2D eigenvalue weighted by molar-refractivity contribution is 0.0627. The highest BCUT2D eigenvalue weighted by molar-refractivity contribution is 9.10. The Balaban J connectivity index is 2.11. The van der Waals surface area contributed by atoms with Crippen molar-refractivity contribution in [2.75, 3.05) is 6.54 Å². The molecule has 0 aromatic carbocycles. The van der Waals surface area contributed by atoms with Crippen molar-refractivity contribution in [1.82, 2.24) is 14.3 Å². The number of piperidine rings is 1. The van der Waals surface area contributed by atoms with Crippen LogP contribution in [0.4, 0.5) is 0 Å². The van der Waals surface area contributed by atoms with Crippen molar-refractivity contribution in [3.05, 3.63) is 33.7 Å². The maximum Gasteiger partial charge on any atom is 0.273 e. The molecule has 1 aliphatic heterocycles. The van der Waals surface area contributed by atoms with E-state index in [2.05, 4.69) is 27.8 Å². The van der Waals surface area contributed by atoms with E-state index in [0.717, 1.165) is 40.8 Å². The summed E-state index contributed by atoms with van der Waals surface area (Å²) in [6.07, 6.45) is 5.32. The molecule has 1 fully saturated rings. The minimum absolute atomic E-state index is 0.102. The molecule has 0 aliphatic carbocycles. The van der Waals surface area contributed by atoms with Crippen LogP contribution in [0.1, 0.15) is 47.9 Å². The van der Waals surface area contributed by atoms with Crippen molar-refractivity contribution in [3.8, 4) is 0 Å². The van der Waals surface area contributed by atoms with Gasteiger partial charge in [-0.25, -0.2) is 4.98 Å². The first-order valence-corrected chi connectivity index (χ1v) is 8.24. The zero-order valence-corrected chi connectivity index (χ0v) is 14.3. The second-order valence-corrected chi connectivity index (χ2v) is 6.84. The highest BCUT2D eigenvalue weighted by Crippen LogP contribution is 2.24. The fraction of sp³-hybridized carbons (Fsp3) is 0.500. The molecular weight excluding hydrogens is 330 g/mol. The molecule has 0 bridgehead atoms. The molecule has 3 rings (SSSR count). The minimum atomic E-state index is 0.102. The van der Waals surface area contributed by atoms with E-state index in [0.29, 0.717) is 11.7 Å². The maximum atomic E-state index is 13.0. The van der Waals surface area contributed by atoms with E-state index < -0.39 is 0 Å². The molecule has 112 valence electrons. The Morgan fingerprint density at radius 1 is 1.38 bits per heavy atom. The number of amides is 1. The standard InChI is InChI=1S/C16H20BrN3O/c1-10-8-13(17)9-20-14(12(3)18-15(10)20)16(21)19-7-5-4-6-11(19)2/h8-9,11H,4-7H2,1-3H3. The van der Waals surface area contributed by atoms with Crippen LogP contribution in [0.5, 0.6) is 0 Å². The number of aromatic nitrogens is 2. The molecule has 1 atom stereocenters. The zero-order valence-electron chi connectivity index (χ0n) is 12.7. The van der Waals surface area contributed by atoms with E-state index in [1.807, 2.05) is 35.4 Å². The van der Waals surface area contributed by atoms with E-state index in [4.69, 9.17) is 0 Å². The Morgan fingerprint density at radius 3 is 2.86 bits per heavy atom. The van der Waals surface area contributed by atoms with Crippen molar-refractivity contribution < 1.29 is 4.79 Å². The summed E-state index contributed by atoms with van der Waals surface area (Å²) in [6, 6.07) is 2.34. The van der Waals surface area contributed by atoms with Crippen LogP contribution in [0, 0.1) is 13.8 Å². The smallest absolute Gasteiger partial charge is 0.273 e. The molecule has 0 spiro atoms. The van der Waals surface area contributed by atoms with E-state index >= 15 is 0 Å². The predicted molar refractivity (Wildman–Crippen MR) is 86.7 cm³/mol. The molecule has 2 aromatic rings. The van der Waals surface area contributed by atoms with Gasteiger partial charge in [0.05, 0.1) is 5.69 Å². The van der Waals surface area contributed by atoms with Gasteiger partial charge in [0.15, 0.2) is 0 Å². The van der Waals surface area contributed by atoms with Gasteiger partial charge in [-0.05, 0) is 67.6 Å². The molecule has 2 aromatic heterocycles. The van der Waals surface area contributed by atoms with Gasteiger partial charge in [-0.2, -0.15) is 0 Å². The van der Waals surface area contributed by atoms with Gasteiger partial charge in [0.1, 0.15) is 11.3 Å². The summed E-state index contributed by atoms with van der Waals surface area (Å²) >= 11 is 3.51. The number of carbonyl (C=O) groups is 1. The van der Waals surface area contributed by atoms with Gasteiger partial charge < -0.3 is 4.90 Å². The first kappa shape index (κ1) is 14.6. The van der Waals surface area contributed by atoms with Gasteiger partial charge in [0.2, 0.25) is 0 Å². The molecule has 0 radical (unpaired) electrons. The van der Waals surface area contributed by atoms with Crippen molar-refractivity contribution in [3.63, 3.8) is 0 Å². The summed E-state index contributed by atoms with van der Waals surface area (Å²) < 4.78 is 2.89. The first-order valence-electron chi connectivity index (χ1n) is 7.45. The number of fused-ring (bicyclic) bond motifs is 1. The largest absolute Gasteiger partial charge is 0.335 e. The Kier molecular flexibility index (Phi) is 3.78. The van der Waals surface area contributed by atoms with Crippen LogP contribution in [-0.4, -0.2) is 32.8 Å². The van der Waals surface area contributed by atoms with Gasteiger partial charge in [-0.1, -0.05) is 0 Å². The molecule has 4 nitrogen and oxygen atoms in total. The van der Waals surface area contributed by atoms with Crippen molar-refractivity contribution in [1.29, 1.82) is 0 Å². The Morgan fingerprint density at radius 2 is 2.14 bits per heavy atom. The maximum absolute atomic E-state index is 13.0. The lowest BCUT2D eigenvalue weighted by Gasteiger charge is -2.33. The third-order valence-electron chi connectivity index (χ3n) is 4.31. The quantitative estimate of drug-likeness (QED) is 0.786. The molecule has 0 N–H and O–H groups in total. The topological polar surface area (TPSA) is 37.6 Å². The van der Waals surface area contributed by atoms with Crippen LogP contribution >= 0.6 is 15.9 Å². The fourth-order valence-corrected chi connectivity index (χ4v) is 3.72. The summed E-state index contributed by atoms with van der Waals surface area (Å²) in [4.78, 5) is 19.6. The number of nitrogens with zero attached hydrogens (tertiary/aromatic N) is 3. The van der Waals surface area contributed by atoms with Crippen molar-refractivity contribution >= 4 is 27.5 Å². The molecule has 1 unspecified atom stereocenters. The second kappa shape index (κ2) is 5.44. The summed E-state index contributed by atoms with van der Waals surface area (Å²) in [5.74, 6) is 0.102. The fourth-order valence-electron chi connectivity index (χ4n) is 3.18. The van der Waals surface area contributed by atoms with Crippen LogP contribution in [-0.2, 0) is 0 Å². The number of imidazole rings is 1. The molecule has 21 heavy (non-hydrogen) atoms. The normalized spacial score (nSPS) is 19.2. The van der Waals surface area contributed by atoms with Crippen LogP contribution in [0.3, 0.4) is 0 Å². The number of likely N-dealkylation sites (tertiary alicyclic amines) is 1. The summed E-state index contributed by atoms with van der Waals surface area (Å²) in [7, 11) is 0. The molecule has 5 heteroatoms.